The lowest BCUT2D eigenvalue weighted by Crippen LogP contribution is -2.36. The van der Waals surface area contributed by atoms with E-state index in [9.17, 15) is 14.4 Å². The van der Waals surface area contributed by atoms with E-state index in [1.54, 1.807) is 31.4 Å². The Hall–Kier alpha value is -4.08. The first kappa shape index (κ1) is 28.4. The van der Waals surface area contributed by atoms with Crippen LogP contribution in [-0.4, -0.2) is 35.6 Å². The summed E-state index contributed by atoms with van der Waals surface area (Å²) in [7, 11) is 1.54. The van der Waals surface area contributed by atoms with E-state index in [0.29, 0.717) is 33.8 Å². The maximum atomic E-state index is 13.1. The summed E-state index contributed by atoms with van der Waals surface area (Å²) in [4.78, 5) is 39.5. The van der Waals surface area contributed by atoms with Crippen molar-refractivity contribution in [2.24, 2.45) is 0 Å². The number of carbonyl (C=O) groups is 3. The third-order valence-electron chi connectivity index (χ3n) is 6.80. The molecule has 1 N–H and O–H groups in total. The first-order valence-electron chi connectivity index (χ1n) is 12.8. The predicted molar refractivity (Wildman–Crippen MR) is 166 cm³/mol. The number of methoxy groups -OCH3 is 1. The fourth-order valence-electron chi connectivity index (χ4n) is 4.45. The average molecular weight is 632 g/mol. The maximum Gasteiger partial charge on any atom is 0.294 e. The molecule has 0 atom stereocenters. The first-order chi connectivity index (χ1) is 19.7. The first-order valence-corrected chi connectivity index (χ1v) is 14.4. The molecule has 208 valence electrons. The highest BCUT2D eigenvalue weighted by atomic mass is 79.9. The smallest absolute Gasteiger partial charge is 0.294 e. The fourth-order valence-corrected chi connectivity index (χ4v) is 5.71. The van der Waals surface area contributed by atoms with Crippen LogP contribution in [0.4, 0.5) is 10.5 Å². The van der Waals surface area contributed by atoms with Crippen LogP contribution in [0.1, 0.15) is 22.3 Å². The normalized spacial score (nSPS) is 14.1. The number of thioether (sulfide) groups is 1. The number of hydrogen-bond acceptors (Lipinski definition) is 6. The van der Waals surface area contributed by atoms with Gasteiger partial charge in [0.25, 0.3) is 11.1 Å². The molecular formula is C32H27BrN2O5S. The van der Waals surface area contributed by atoms with Crippen LogP contribution in [0.25, 0.3) is 16.8 Å². The monoisotopic (exact) mass is 630 g/mol. The molecule has 1 aliphatic rings. The van der Waals surface area contributed by atoms with Crippen LogP contribution in [0.15, 0.2) is 82.2 Å². The minimum Gasteiger partial charge on any atom is -0.493 e. The molecule has 1 heterocycles. The van der Waals surface area contributed by atoms with Gasteiger partial charge in [0, 0.05) is 10.2 Å². The third kappa shape index (κ3) is 6.31. The van der Waals surface area contributed by atoms with Crippen molar-refractivity contribution in [1.82, 2.24) is 4.90 Å². The summed E-state index contributed by atoms with van der Waals surface area (Å²) in [6.07, 6.45) is 1.60. The topological polar surface area (TPSA) is 84.9 Å². The molecule has 0 spiro atoms. The number of amides is 3. The van der Waals surface area contributed by atoms with Crippen LogP contribution in [0, 0.1) is 13.8 Å². The van der Waals surface area contributed by atoms with Crippen molar-refractivity contribution >= 4 is 67.3 Å². The standard InChI is InChI=1S/C32H27BrN2O5S/c1-19-11-12-24(13-20(19)2)34-30(36)17-35-31(37)29(41-32(35)38)15-23-14-27(39-3)28(16-26(23)33)40-18-22-9-6-8-21-7-4-5-10-25(21)22/h4-16H,17-18H2,1-3H3,(H,34,36)/b29-15+. The van der Waals surface area contributed by atoms with Gasteiger partial charge in [-0.15, -0.1) is 0 Å². The third-order valence-corrected chi connectivity index (χ3v) is 8.39. The van der Waals surface area contributed by atoms with Crippen LogP contribution in [0.3, 0.4) is 0 Å². The molecule has 0 bridgehead atoms. The number of hydrogen-bond donors (Lipinski definition) is 1. The molecule has 0 aromatic heterocycles. The molecule has 5 rings (SSSR count). The van der Waals surface area contributed by atoms with E-state index in [1.165, 1.54) is 0 Å². The molecule has 0 radical (unpaired) electrons. The predicted octanol–water partition coefficient (Wildman–Crippen LogP) is 7.48. The SMILES string of the molecule is COc1cc(/C=C2/SC(=O)N(CC(=O)Nc3ccc(C)c(C)c3)C2=O)c(Br)cc1OCc1cccc2ccccc12. The highest BCUT2D eigenvalue weighted by Gasteiger charge is 2.36. The molecule has 1 aliphatic heterocycles. The lowest BCUT2D eigenvalue weighted by Gasteiger charge is -2.14. The van der Waals surface area contributed by atoms with Gasteiger partial charge in [0.05, 0.1) is 12.0 Å². The number of nitrogens with zero attached hydrogens (tertiary/aromatic N) is 1. The fraction of sp³-hybridized carbons (Fsp3) is 0.156. The maximum absolute atomic E-state index is 13.1. The number of carbonyl (C=O) groups excluding carboxylic acids is 3. The van der Waals surface area contributed by atoms with Gasteiger partial charge in [0.2, 0.25) is 5.91 Å². The zero-order valence-electron chi connectivity index (χ0n) is 22.7. The van der Waals surface area contributed by atoms with Crippen molar-refractivity contribution < 1.29 is 23.9 Å². The molecule has 4 aromatic carbocycles. The number of ether oxygens (including phenoxy) is 2. The molecule has 7 nitrogen and oxygen atoms in total. The van der Waals surface area contributed by atoms with Crippen molar-refractivity contribution in [1.29, 1.82) is 0 Å². The minimum absolute atomic E-state index is 0.209. The van der Waals surface area contributed by atoms with E-state index in [2.05, 4.69) is 39.4 Å². The minimum atomic E-state index is -0.530. The number of anilines is 1. The molecule has 1 saturated heterocycles. The molecule has 3 amide bonds. The van der Waals surface area contributed by atoms with Crippen LogP contribution in [0.2, 0.25) is 0 Å². The second kappa shape index (κ2) is 12.2. The molecule has 9 heteroatoms. The number of halogens is 1. The summed E-state index contributed by atoms with van der Waals surface area (Å²) >= 11 is 4.35. The molecule has 1 fully saturated rings. The van der Waals surface area contributed by atoms with Crippen LogP contribution in [-0.2, 0) is 16.2 Å². The summed E-state index contributed by atoms with van der Waals surface area (Å²) in [6.45, 7) is 3.89. The largest absolute Gasteiger partial charge is 0.493 e. The lowest BCUT2D eigenvalue weighted by molar-refractivity contribution is -0.127. The Morgan fingerprint density at radius 2 is 1.76 bits per heavy atom. The molecular weight excluding hydrogens is 604 g/mol. The van der Waals surface area contributed by atoms with Crippen molar-refractivity contribution in [3.63, 3.8) is 0 Å². The number of fused-ring (bicyclic) bond motifs is 1. The van der Waals surface area contributed by atoms with E-state index in [-0.39, 0.29) is 11.4 Å². The Morgan fingerprint density at radius 3 is 2.54 bits per heavy atom. The summed E-state index contributed by atoms with van der Waals surface area (Å²) in [5, 5.41) is 4.50. The highest BCUT2D eigenvalue weighted by molar-refractivity contribution is 9.10. The van der Waals surface area contributed by atoms with E-state index >= 15 is 0 Å². The number of aryl methyl sites for hydroxylation is 2. The van der Waals surface area contributed by atoms with Gasteiger partial charge in [-0.1, -0.05) is 64.5 Å². The van der Waals surface area contributed by atoms with Gasteiger partial charge in [-0.05, 0) is 89.0 Å². The Labute approximate surface area is 250 Å². The van der Waals surface area contributed by atoms with Crippen molar-refractivity contribution in [2.45, 2.75) is 20.5 Å². The van der Waals surface area contributed by atoms with Crippen LogP contribution < -0.4 is 14.8 Å². The number of rotatable bonds is 8. The summed E-state index contributed by atoms with van der Waals surface area (Å²) < 4.78 is 12.4. The number of nitrogens with one attached hydrogen (secondary N) is 1. The van der Waals surface area contributed by atoms with E-state index in [1.807, 2.05) is 50.2 Å². The molecule has 0 aliphatic carbocycles. The second-order valence-corrected chi connectivity index (χ2v) is 11.4. The van der Waals surface area contributed by atoms with Gasteiger partial charge in [-0.3, -0.25) is 19.3 Å². The highest BCUT2D eigenvalue weighted by Crippen LogP contribution is 2.38. The second-order valence-electron chi connectivity index (χ2n) is 9.57. The zero-order chi connectivity index (χ0) is 29.1. The van der Waals surface area contributed by atoms with Crippen LogP contribution in [0.5, 0.6) is 11.5 Å². The van der Waals surface area contributed by atoms with Crippen molar-refractivity contribution in [3.05, 3.63) is 104 Å². The van der Waals surface area contributed by atoms with Crippen molar-refractivity contribution in [2.75, 3.05) is 19.0 Å². The van der Waals surface area contributed by atoms with E-state index in [0.717, 1.165) is 44.1 Å². The Kier molecular flexibility index (Phi) is 8.46. The van der Waals surface area contributed by atoms with Crippen molar-refractivity contribution in [3.8, 4) is 11.5 Å². The Balaban J connectivity index is 1.30. The molecule has 41 heavy (non-hydrogen) atoms. The van der Waals surface area contributed by atoms with Crippen LogP contribution >= 0.6 is 27.7 Å². The number of imide groups is 1. The average Bonchev–Trinajstić information content (AvgIpc) is 3.22. The van der Waals surface area contributed by atoms with Gasteiger partial charge in [0.1, 0.15) is 13.2 Å². The van der Waals surface area contributed by atoms with E-state index in [4.69, 9.17) is 9.47 Å². The number of benzene rings is 4. The van der Waals surface area contributed by atoms with Gasteiger partial charge < -0.3 is 14.8 Å². The Bertz CT molecular complexity index is 1710. The van der Waals surface area contributed by atoms with Gasteiger partial charge in [-0.2, -0.15) is 0 Å². The van der Waals surface area contributed by atoms with Gasteiger partial charge in [0.15, 0.2) is 11.5 Å². The molecule has 4 aromatic rings. The molecule has 0 saturated carbocycles. The summed E-state index contributed by atoms with van der Waals surface area (Å²) in [5.74, 6) is 0.0250. The summed E-state index contributed by atoms with van der Waals surface area (Å²) in [5.41, 5.74) is 4.42. The lowest BCUT2D eigenvalue weighted by atomic mass is 10.1. The summed E-state index contributed by atoms with van der Waals surface area (Å²) in [6, 6.07) is 23.2. The van der Waals surface area contributed by atoms with Gasteiger partial charge in [-0.25, -0.2) is 0 Å². The van der Waals surface area contributed by atoms with E-state index < -0.39 is 17.1 Å². The quantitative estimate of drug-likeness (QED) is 0.203. The van der Waals surface area contributed by atoms with Gasteiger partial charge >= 0.3 is 0 Å². The zero-order valence-corrected chi connectivity index (χ0v) is 25.1. The molecule has 0 unspecified atom stereocenters. The Morgan fingerprint density at radius 1 is 0.976 bits per heavy atom.